The highest BCUT2D eigenvalue weighted by molar-refractivity contribution is 6.02. The molecular weight excluding hydrogens is 324 g/mol. The molecule has 7 heteroatoms. The van der Waals surface area contributed by atoms with E-state index in [0.717, 1.165) is 5.56 Å². The van der Waals surface area contributed by atoms with Gasteiger partial charge in [0, 0.05) is 25.9 Å². The molecule has 0 N–H and O–H groups in total. The van der Waals surface area contributed by atoms with Gasteiger partial charge < -0.3 is 19.1 Å². The SMILES string of the molecule is Cc1ccc2c(c1)OCC(=O)N2CC(=O)N1CCC2(CC1)OCCO2. The van der Waals surface area contributed by atoms with Crippen molar-refractivity contribution in [2.45, 2.75) is 25.6 Å². The van der Waals surface area contributed by atoms with Crippen molar-refractivity contribution in [1.29, 1.82) is 0 Å². The van der Waals surface area contributed by atoms with Gasteiger partial charge in [0.05, 0.1) is 18.9 Å². The summed E-state index contributed by atoms with van der Waals surface area (Å²) in [6, 6.07) is 5.64. The summed E-state index contributed by atoms with van der Waals surface area (Å²) in [5.41, 5.74) is 1.71. The molecule has 0 bridgehead atoms. The van der Waals surface area contributed by atoms with E-state index >= 15 is 0 Å². The number of hydrogen-bond acceptors (Lipinski definition) is 5. The lowest BCUT2D eigenvalue weighted by molar-refractivity contribution is -0.187. The second kappa shape index (κ2) is 6.31. The minimum absolute atomic E-state index is 0.0332. The lowest BCUT2D eigenvalue weighted by Crippen LogP contribution is -2.51. The van der Waals surface area contributed by atoms with Crippen LogP contribution in [0.25, 0.3) is 0 Å². The summed E-state index contributed by atoms with van der Waals surface area (Å²) < 4.78 is 16.9. The number of fused-ring (bicyclic) bond motifs is 1. The quantitative estimate of drug-likeness (QED) is 0.802. The number of rotatable bonds is 2. The van der Waals surface area contributed by atoms with Gasteiger partial charge in [0.2, 0.25) is 5.91 Å². The van der Waals surface area contributed by atoms with Gasteiger partial charge in [-0.3, -0.25) is 14.5 Å². The number of benzene rings is 1. The van der Waals surface area contributed by atoms with Crippen LogP contribution < -0.4 is 9.64 Å². The van der Waals surface area contributed by atoms with Gasteiger partial charge in [0.1, 0.15) is 12.3 Å². The zero-order valence-electron chi connectivity index (χ0n) is 14.3. The molecule has 1 spiro atoms. The van der Waals surface area contributed by atoms with E-state index in [9.17, 15) is 9.59 Å². The van der Waals surface area contributed by atoms with Gasteiger partial charge in [0.25, 0.3) is 5.91 Å². The van der Waals surface area contributed by atoms with Crippen LogP contribution in [0, 0.1) is 6.92 Å². The normalized spacial score (nSPS) is 22.0. The Bertz CT molecular complexity index is 689. The van der Waals surface area contributed by atoms with Crippen LogP contribution in [0.3, 0.4) is 0 Å². The molecule has 0 atom stereocenters. The number of ether oxygens (including phenoxy) is 3. The summed E-state index contributed by atoms with van der Waals surface area (Å²) in [5.74, 6) is -0.108. The number of anilines is 1. The molecule has 25 heavy (non-hydrogen) atoms. The van der Waals surface area contributed by atoms with Crippen molar-refractivity contribution < 1.29 is 23.8 Å². The lowest BCUT2D eigenvalue weighted by atomic mass is 10.0. The molecule has 0 unspecified atom stereocenters. The molecule has 3 heterocycles. The maximum absolute atomic E-state index is 12.7. The number of piperidine rings is 1. The van der Waals surface area contributed by atoms with Crippen LogP contribution in [-0.2, 0) is 19.1 Å². The largest absolute Gasteiger partial charge is 0.482 e. The van der Waals surface area contributed by atoms with E-state index in [4.69, 9.17) is 14.2 Å². The van der Waals surface area contributed by atoms with Gasteiger partial charge in [-0.05, 0) is 24.6 Å². The predicted octanol–water partition coefficient (Wildman–Crippen LogP) is 1.09. The Morgan fingerprint density at radius 3 is 2.64 bits per heavy atom. The summed E-state index contributed by atoms with van der Waals surface area (Å²) in [5, 5.41) is 0. The first kappa shape index (κ1) is 16.4. The van der Waals surface area contributed by atoms with Crippen LogP contribution in [0.2, 0.25) is 0 Å². The molecule has 2 amide bonds. The lowest BCUT2D eigenvalue weighted by Gasteiger charge is -2.38. The van der Waals surface area contributed by atoms with Crippen LogP contribution in [-0.4, -0.2) is 62.0 Å². The first-order valence-corrected chi connectivity index (χ1v) is 8.66. The van der Waals surface area contributed by atoms with Gasteiger partial charge >= 0.3 is 0 Å². The summed E-state index contributed by atoms with van der Waals surface area (Å²) in [6.07, 6.45) is 1.34. The van der Waals surface area contributed by atoms with Gasteiger partial charge in [-0.2, -0.15) is 0 Å². The van der Waals surface area contributed by atoms with Gasteiger partial charge in [0.15, 0.2) is 12.4 Å². The molecule has 1 aromatic rings. The molecule has 3 aliphatic heterocycles. The first-order chi connectivity index (χ1) is 12.1. The Morgan fingerprint density at radius 2 is 1.92 bits per heavy atom. The highest BCUT2D eigenvalue weighted by atomic mass is 16.7. The van der Waals surface area contributed by atoms with Gasteiger partial charge in [-0.1, -0.05) is 6.07 Å². The van der Waals surface area contributed by atoms with Crippen LogP contribution in [0.4, 0.5) is 5.69 Å². The highest BCUT2D eigenvalue weighted by Gasteiger charge is 2.41. The third-order valence-electron chi connectivity index (χ3n) is 5.04. The van der Waals surface area contributed by atoms with Crippen LogP contribution in [0.1, 0.15) is 18.4 Å². The van der Waals surface area contributed by atoms with Crippen molar-refractivity contribution in [2.75, 3.05) is 44.4 Å². The van der Waals surface area contributed by atoms with Crippen LogP contribution >= 0.6 is 0 Å². The molecule has 0 aliphatic carbocycles. The summed E-state index contributed by atoms with van der Waals surface area (Å²) in [7, 11) is 0. The maximum atomic E-state index is 12.7. The first-order valence-electron chi connectivity index (χ1n) is 8.66. The van der Waals surface area contributed by atoms with Crippen molar-refractivity contribution in [3.8, 4) is 5.75 Å². The molecule has 7 nitrogen and oxygen atoms in total. The molecule has 0 radical (unpaired) electrons. The number of hydrogen-bond donors (Lipinski definition) is 0. The van der Waals surface area contributed by atoms with Crippen molar-refractivity contribution in [1.82, 2.24) is 4.90 Å². The number of carbonyl (C=O) groups excluding carboxylic acids is 2. The Kier molecular flexibility index (Phi) is 4.13. The number of carbonyl (C=O) groups is 2. The van der Waals surface area contributed by atoms with E-state index in [1.165, 1.54) is 4.90 Å². The predicted molar refractivity (Wildman–Crippen MR) is 89.5 cm³/mol. The Labute approximate surface area is 146 Å². The molecule has 4 rings (SSSR count). The fourth-order valence-electron chi connectivity index (χ4n) is 3.60. The molecular formula is C18H22N2O5. The minimum atomic E-state index is -0.504. The molecule has 2 saturated heterocycles. The van der Waals surface area contributed by atoms with E-state index in [2.05, 4.69) is 0 Å². The van der Waals surface area contributed by atoms with E-state index in [1.54, 1.807) is 4.90 Å². The third kappa shape index (κ3) is 3.09. The molecule has 0 saturated carbocycles. The molecule has 0 aromatic heterocycles. The third-order valence-corrected chi connectivity index (χ3v) is 5.04. The maximum Gasteiger partial charge on any atom is 0.265 e. The second-order valence-corrected chi connectivity index (χ2v) is 6.73. The van der Waals surface area contributed by atoms with E-state index in [-0.39, 0.29) is 25.0 Å². The fourth-order valence-corrected chi connectivity index (χ4v) is 3.60. The Morgan fingerprint density at radius 1 is 1.20 bits per heavy atom. The summed E-state index contributed by atoms with van der Waals surface area (Å²) >= 11 is 0. The average molecular weight is 346 g/mol. The van der Waals surface area contributed by atoms with Crippen molar-refractivity contribution in [2.24, 2.45) is 0 Å². The minimum Gasteiger partial charge on any atom is -0.482 e. The molecule has 3 aliphatic rings. The standard InChI is InChI=1S/C18H22N2O5/c1-13-2-3-14-15(10-13)23-12-17(22)20(14)11-16(21)19-6-4-18(5-7-19)24-8-9-25-18/h2-3,10H,4-9,11-12H2,1H3. The van der Waals surface area contributed by atoms with Crippen LogP contribution in [0.15, 0.2) is 18.2 Å². The number of likely N-dealkylation sites (tertiary alicyclic amines) is 1. The summed E-state index contributed by atoms with van der Waals surface area (Å²) in [6.45, 7) is 4.36. The summed E-state index contributed by atoms with van der Waals surface area (Å²) in [4.78, 5) is 28.3. The van der Waals surface area contributed by atoms with Crippen molar-refractivity contribution >= 4 is 17.5 Å². The molecule has 2 fully saturated rings. The van der Waals surface area contributed by atoms with Gasteiger partial charge in [-0.15, -0.1) is 0 Å². The Hall–Kier alpha value is -2.12. The second-order valence-electron chi connectivity index (χ2n) is 6.73. The number of nitrogens with zero attached hydrogens (tertiary/aromatic N) is 2. The average Bonchev–Trinajstić information content (AvgIpc) is 3.06. The van der Waals surface area contributed by atoms with Crippen molar-refractivity contribution in [3.63, 3.8) is 0 Å². The number of aryl methyl sites for hydroxylation is 1. The van der Waals surface area contributed by atoms with E-state index in [1.807, 2.05) is 25.1 Å². The molecule has 134 valence electrons. The molecule has 1 aromatic carbocycles. The monoisotopic (exact) mass is 346 g/mol. The topological polar surface area (TPSA) is 68.3 Å². The van der Waals surface area contributed by atoms with Crippen molar-refractivity contribution in [3.05, 3.63) is 23.8 Å². The highest BCUT2D eigenvalue weighted by Crippen LogP contribution is 2.34. The Balaban J connectivity index is 1.43. The number of amides is 2. The fraction of sp³-hybridized carbons (Fsp3) is 0.556. The van der Waals surface area contributed by atoms with Crippen LogP contribution in [0.5, 0.6) is 5.75 Å². The zero-order chi connectivity index (χ0) is 17.4. The van der Waals surface area contributed by atoms with E-state index in [0.29, 0.717) is 50.6 Å². The van der Waals surface area contributed by atoms with Gasteiger partial charge in [-0.25, -0.2) is 0 Å². The van der Waals surface area contributed by atoms with E-state index < -0.39 is 5.79 Å². The smallest absolute Gasteiger partial charge is 0.265 e. The zero-order valence-corrected chi connectivity index (χ0v) is 14.3.